The predicted molar refractivity (Wildman–Crippen MR) is 93.3 cm³/mol. The van der Waals surface area contributed by atoms with Crippen LogP contribution >= 0.6 is 0 Å². The van der Waals surface area contributed by atoms with Gasteiger partial charge in [-0.25, -0.2) is 9.78 Å². The van der Waals surface area contributed by atoms with Crippen molar-refractivity contribution in [2.75, 3.05) is 31.1 Å². The number of piperazine rings is 1. The molecule has 1 aromatic carbocycles. The van der Waals surface area contributed by atoms with E-state index in [1.165, 1.54) is 17.0 Å². The predicted octanol–water partition coefficient (Wildman–Crippen LogP) is 3.32. The first-order chi connectivity index (χ1) is 14.1. The second kappa shape index (κ2) is 8.96. The first-order valence-electron chi connectivity index (χ1n) is 8.87. The number of rotatable bonds is 7. The van der Waals surface area contributed by atoms with Crippen molar-refractivity contribution in [3.05, 3.63) is 47.3 Å². The van der Waals surface area contributed by atoms with E-state index in [1.54, 1.807) is 0 Å². The molecule has 7 nitrogen and oxygen atoms in total. The van der Waals surface area contributed by atoms with Crippen LogP contribution in [0.4, 0.5) is 28.0 Å². The lowest BCUT2D eigenvalue weighted by molar-refractivity contribution is -0.137. The Labute approximate surface area is 167 Å². The van der Waals surface area contributed by atoms with Crippen molar-refractivity contribution in [2.24, 2.45) is 0 Å². The van der Waals surface area contributed by atoms with E-state index < -0.39 is 30.4 Å². The fourth-order valence-electron chi connectivity index (χ4n) is 3.20. The van der Waals surface area contributed by atoms with Crippen molar-refractivity contribution >= 4 is 12.0 Å². The summed E-state index contributed by atoms with van der Waals surface area (Å²) in [5, 5.41) is 8.96. The quantitative estimate of drug-likeness (QED) is 0.669. The van der Waals surface area contributed by atoms with Crippen LogP contribution in [-0.2, 0) is 17.5 Å². The van der Waals surface area contributed by atoms with Gasteiger partial charge < -0.3 is 19.2 Å². The Morgan fingerprint density at radius 2 is 1.97 bits per heavy atom. The molecule has 12 heteroatoms. The van der Waals surface area contributed by atoms with Gasteiger partial charge in [-0.3, -0.25) is 4.90 Å². The Morgan fingerprint density at radius 3 is 2.53 bits per heavy atom. The number of hydrogen-bond donors (Lipinski definition) is 1. The number of ether oxygens (including phenoxy) is 1. The molecule has 30 heavy (non-hydrogen) atoms. The zero-order chi connectivity index (χ0) is 21.9. The molecular weight excluding hydrogens is 417 g/mol. The number of carboxylic acid groups (broad SMARTS) is 1. The van der Waals surface area contributed by atoms with Crippen LogP contribution < -0.4 is 4.90 Å². The molecule has 0 spiro atoms. The standard InChI is InChI=1S/C18H18F5N3O4/c19-16(20)29-10-13-9-25(8-11-1-3-12(4-2-11)18(21,22)23)5-6-26(13)17-24-7-14(30-17)15(27)28/h1-4,7,13,16H,5-6,8-10H2,(H,27,28)/t13-/m0/s1. The second-order valence-corrected chi connectivity index (χ2v) is 6.68. The molecule has 2 heterocycles. The van der Waals surface area contributed by atoms with E-state index >= 15 is 0 Å². The molecule has 164 valence electrons. The number of oxazole rings is 1. The molecule has 1 atom stereocenters. The topological polar surface area (TPSA) is 79.0 Å². The highest BCUT2D eigenvalue weighted by Gasteiger charge is 2.32. The molecule has 0 bridgehead atoms. The molecule has 1 fully saturated rings. The lowest BCUT2D eigenvalue weighted by atomic mass is 10.1. The van der Waals surface area contributed by atoms with E-state index in [-0.39, 0.29) is 31.5 Å². The number of nitrogens with zero attached hydrogens (tertiary/aromatic N) is 3. The van der Waals surface area contributed by atoms with Gasteiger partial charge in [0.1, 0.15) is 0 Å². The highest BCUT2D eigenvalue weighted by molar-refractivity contribution is 5.84. The van der Waals surface area contributed by atoms with Gasteiger partial charge in [0.15, 0.2) is 0 Å². The average molecular weight is 435 g/mol. The number of alkyl halides is 5. The van der Waals surface area contributed by atoms with E-state index in [0.29, 0.717) is 18.7 Å². The van der Waals surface area contributed by atoms with Crippen molar-refractivity contribution < 1.29 is 41.0 Å². The van der Waals surface area contributed by atoms with E-state index in [9.17, 15) is 26.7 Å². The average Bonchev–Trinajstić information content (AvgIpc) is 3.16. The number of halogens is 5. The maximum absolute atomic E-state index is 12.7. The number of carbonyl (C=O) groups is 1. The number of aromatic carboxylic acids is 1. The lowest BCUT2D eigenvalue weighted by Crippen LogP contribution is -2.55. The Kier molecular flexibility index (Phi) is 6.56. The number of anilines is 1. The van der Waals surface area contributed by atoms with Crippen molar-refractivity contribution in [1.82, 2.24) is 9.88 Å². The molecule has 0 unspecified atom stereocenters. The highest BCUT2D eigenvalue weighted by Crippen LogP contribution is 2.29. The molecule has 3 rings (SSSR count). The fraction of sp³-hybridized carbons (Fsp3) is 0.444. The summed E-state index contributed by atoms with van der Waals surface area (Å²) in [6, 6.07) is 4.07. The first-order valence-corrected chi connectivity index (χ1v) is 8.87. The SMILES string of the molecule is O=C(O)c1cnc(N2CCN(Cc3ccc(C(F)(F)F)cc3)C[C@H]2COC(F)F)o1. The molecular formula is C18H18F5N3O4. The molecule has 1 aliphatic rings. The van der Waals surface area contributed by atoms with Crippen molar-refractivity contribution in [3.8, 4) is 0 Å². The summed E-state index contributed by atoms with van der Waals surface area (Å²) in [5.41, 5.74) is -0.119. The molecule has 2 aromatic rings. The van der Waals surface area contributed by atoms with Crippen LogP contribution in [-0.4, -0.2) is 59.9 Å². The molecule has 0 amide bonds. The van der Waals surface area contributed by atoms with Crippen LogP contribution in [0.5, 0.6) is 0 Å². The highest BCUT2D eigenvalue weighted by atomic mass is 19.4. The maximum Gasteiger partial charge on any atom is 0.416 e. The van der Waals surface area contributed by atoms with E-state index in [2.05, 4.69) is 9.72 Å². The molecule has 1 N–H and O–H groups in total. The largest absolute Gasteiger partial charge is 0.475 e. The molecule has 0 radical (unpaired) electrons. The third-order valence-electron chi connectivity index (χ3n) is 4.62. The van der Waals surface area contributed by atoms with Gasteiger partial charge in [-0.1, -0.05) is 12.1 Å². The van der Waals surface area contributed by atoms with Crippen LogP contribution in [0.3, 0.4) is 0 Å². The van der Waals surface area contributed by atoms with Gasteiger partial charge in [0.2, 0.25) is 5.76 Å². The maximum atomic E-state index is 12.7. The Balaban J connectivity index is 1.69. The van der Waals surface area contributed by atoms with Crippen LogP contribution in [0.15, 0.2) is 34.9 Å². The van der Waals surface area contributed by atoms with E-state index in [1.807, 2.05) is 4.90 Å². The minimum absolute atomic E-state index is 0.0237. The number of aromatic nitrogens is 1. The van der Waals surface area contributed by atoms with Crippen LogP contribution in [0, 0.1) is 0 Å². The van der Waals surface area contributed by atoms with Gasteiger partial charge in [-0.2, -0.15) is 22.0 Å². The zero-order valence-electron chi connectivity index (χ0n) is 15.5. The van der Waals surface area contributed by atoms with Gasteiger partial charge in [-0.05, 0) is 17.7 Å². The summed E-state index contributed by atoms with van der Waals surface area (Å²) < 4.78 is 72.8. The summed E-state index contributed by atoms with van der Waals surface area (Å²) in [5.74, 6) is -1.69. The van der Waals surface area contributed by atoms with Crippen molar-refractivity contribution in [1.29, 1.82) is 0 Å². The van der Waals surface area contributed by atoms with Crippen LogP contribution in [0.2, 0.25) is 0 Å². The van der Waals surface area contributed by atoms with Gasteiger partial charge >= 0.3 is 18.8 Å². The molecule has 1 saturated heterocycles. The van der Waals surface area contributed by atoms with Crippen LogP contribution in [0.1, 0.15) is 21.7 Å². The number of carboxylic acids is 1. The minimum Gasteiger partial charge on any atom is -0.475 e. The van der Waals surface area contributed by atoms with Gasteiger partial charge in [0.25, 0.3) is 6.01 Å². The lowest BCUT2D eigenvalue weighted by Gasteiger charge is -2.40. The fourth-order valence-corrected chi connectivity index (χ4v) is 3.20. The Hall–Kier alpha value is -2.73. The summed E-state index contributed by atoms with van der Waals surface area (Å²) >= 11 is 0. The monoisotopic (exact) mass is 435 g/mol. The third kappa shape index (κ3) is 5.45. The van der Waals surface area contributed by atoms with Crippen molar-refractivity contribution in [2.45, 2.75) is 25.4 Å². The van der Waals surface area contributed by atoms with Gasteiger partial charge in [-0.15, -0.1) is 0 Å². The minimum atomic E-state index is -4.42. The smallest absolute Gasteiger partial charge is 0.416 e. The summed E-state index contributed by atoms with van der Waals surface area (Å²) in [6.07, 6.45) is -3.40. The molecule has 0 saturated carbocycles. The molecule has 1 aliphatic heterocycles. The van der Waals surface area contributed by atoms with Crippen LogP contribution in [0.25, 0.3) is 0 Å². The third-order valence-corrected chi connectivity index (χ3v) is 4.62. The zero-order valence-corrected chi connectivity index (χ0v) is 15.5. The Bertz CT molecular complexity index is 856. The number of benzene rings is 1. The van der Waals surface area contributed by atoms with E-state index in [0.717, 1.165) is 18.3 Å². The van der Waals surface area contributed by atoms with Crippen molar-refractivity contribution in [3.63, 3.8) is 0 Å². The van der Waals surface area contributed by atoms with E-state index in [4.69, 9.17) is 9.52 Å². The molecule has 0 aliphatic carbocycles. The number of hydrogen-bond acceptors (Lipinski definition) is 6. The van der Waals surface area contributed by atoms with Gasteiger partial charge in [0, 0.05) is 26.2 Å². The second-order valence-electron chi connectivity index (χ2n) is 6.68. The summed E-state index contributed by atoms with van der Waals surface area (Å²) in [7, 11) is 0. The van der Waals surface area contributed by atoms with Gasteiger partial charge in [0.05, 0.1) is 24.4 Å². The summed E-state index contributed by atoms with van der Waals surface area (Å²) in [6.45, 7) is -2.11. The first kappa shape index (κ1) is 22.0. The normalized spacial score (nSPS) is 18.2. The molecule has 1 aromatic heterocycles. The Morgan fingerprint density at radius 1 is 1.27 bits per heavy atom. The summed E-state index contributed by atoms with van der Waals surface area (Å²) in [4.78, 5) is 18.3.